The van der Waals surface area contributed by atoms with E-state index in [0.29, 0.717) is 13.1 Å². The van der Waals surface area contributed by atoms with Crippen molar-refractivity contribution in [2.45, 2.75) is 51.0 Å². The van der Waals surface area contributed by atoms with Gasteiger partial charge >= 0.3 is 0 Å². The Kier molecular flexibility index (Phi) is 7.79. The molecule has 0 aliphatic carbocycles. The number of hydrogen-bond acceptors (Lipinski definition) is 4. The number of hydrogen-bond donors (Lipinski definition) is 2. The second-order valence-corrected chi connectivity index (χ2v) is 6.52. The van der Waals surface area contributed by atoms with Gasteiger partial charge in [-0.2, -0.15) is 5.10 Å². The fourth-order valence-corrected chi connectivity index (χ4v) is 2.84. The van der Waals surface area contributed by atoms with Gasteiger partial charge in [-0.05, 0) is 13.0 Å². The lowest BCUT2D eigenvalue weighted by atomic mass is 10.2. The van der Waals surface area contributed by atoms with Crippen LogP contribution >= 0.6 is 0 Å². The first-order chi connectivity index (χ1) is 9.60. The fraction of sp³-hybridized carbons (Fsp3) is 0.769. The predicted molar refractivity (Wildman–Crippen MR) is 80.1 cm³/mol. The van der Waals surface area contributed by atoms with Crippen molar-refractivity contribution in [3.8, 4) is 0 Å². The molecular weight excluding hydrogens is 276 g/mol. The number of nitrogens with one attached hydrogen (secondary N) is 2. The maximum absolute atomic E-state index is 12.0. The Hall–Kier alpha value is -0.920. The van der Waals surface area contributed by atoms with E-state index in [-0.39, 0.29) is 4.90 Å². The van der Waals surface area contributed by atoms with Crippen LogP contribution in [0, 0.1) is 0 Å². The molecule has 0 radical (unpaired) electrons. The van der Waals surface area contributed by atoms with E-state index in [1.54, 1.807) is 10.9 Å². The standard InChI is InChI=1S/C13H26N4O2S/c1-3-5-6-7-8-16-20(18,19)13-11-15-17(12-13)10-9-14-4-2/h11-12,14,16H,3-10H2,1-2H3. The minimum Gasteiger partial charge on any atom is -0.315 e. The summed E-state index contributed by atoms with van der Waals surface area (Å²) < 4.78 is 28.3. The number of aromatic nitrogens is 2. The molecule has 1 aromatic rings. The van der Waals surface area contributed by atoms with Crippen LogP contribution in [0.2, 0.25) is 0 Å². The lowest BCUT2D eigenvalue weighted by Crippen LogP contribution is -2.24. The van der Waals surface area contributed by atoms with Crippen LogP contribution in [-0.4, -0.2) is 37.8 Å². The van der Waals surface area contributed by atoms with Gasteiger partial charge in [0.05, 0.1) is 12.7 Å². The van der Waals surface area contributed by atoms with E-state index in [2.05, 4.69) is 22.1 Å². The number of nitrogens with zero attached hydrogens (tertiary/aromatic N) is 2. The maximum Gasteiger partial charge on any atom is 0.243 e. The van der Waals surface area contributed by atoms with Crippen LogP contribution in [0.4, 0.5) is 0 Å². The quantitative estimate of drug-likeness (QED) is 0.605. The summed E-state index contributed by atoms with van der Waals surface area (Å²) in [5.74, 6) is 0. The third-order valence-corrected chi connectivity index (χ3v) is 4.43. The molecule has 2 N–H and O–H groups in total. The molecule has 1 heterocycles. The van der Waals surface area contributed by atoms with Crippen molar-refractivity contribution in [2.24, 2.45) is 0 Å². The van der Waals surface area contributed by atoms with Crippen molar-refractivity contribution < 1.29 is 8.42 Å². The Balaban J connectivity index is 2.42. The fourth-order valence-electron chi connectivity index (χ4n) is 1.82. The summed E-state index contributed by atoms with van der Waals surface area (Å²) in [6.07, 6.45) is 7.20. The van der Waals surface area contributed by atoms with Crippen LogP contribution < -0.4 is 10.0 Å². The zero-order valence-electron chi connectivity index (χ0n) is 12.4. The predicted octanol–water partition coefficient (Wildman–Crippen LogP) is 1.35. The topological polar surface area (TPSA) is 76.0 Å². The van der Waals surface area contributed by atoms with Gasteiger partial charge in [0.25, 0.3) is 0 Å². The van der Waals surface area contributed by atoms with E-state index in [4.69, 9.17) is 0 Å². The van der Waals surface area contributed by atoms with E-state index >= 15 is 0 Å². The largest absolute Gasteiger partial charge is 0.315 e. The number of unbranched alkanes of at least 4 members (excludes halogenated alkanes) is 3. The van der Waals surface area contributed by atoms with E-state index < -0.39 is 10.0 Å². The average molecular weight is 302 g/mol. The number of sulfonamides is 1. The summed E-state index contributed by atoms with van der Waals surface area (Å²) in [6.45, 7) is 6.99. The highest BCUT2D eigenvalue weighted by molar-refractivity contribution is 7.89. The summed E-state index contributed by atoms with van der Waals surface area (Å²) in [6, 6.07) is 0. The van der Waals surface area contributed by atoms with Gasteiger partial charge in [-0.1, -0.05) is 33.1 Å². The molecule has 0 aromatic carbocycles. The molecule has 7 heteroatoms. The Morgan fingerprint density at radius 3 is 2.70 bits per heavy atom. The van der Waals surface area contributed by atoms with E-state index in [0.717, 1.165) is 38.8 Å². The normalized spacial score (nSPS) is 11.9. The molecule has 0 bridgehead atoms. The van der Waals surface area contributed by atoms with Crippen molar-refractivity contribution in [1.29, 1.82) is 0 Å². The van der Waals surface area contributed by atoms with Gasteiger partial charge in [0.2, 0.25) is 10.0 Å². The number of rotatable bonds is 11. The van der Waals surface area contributed by atoms with Crippen LogP contribution in [0.5, 0.6) is 0 Å². The van der Waals surface area contributed by atoms with Crippen LogP contribution in [0.3, 0.4) is 0 Å². The lowest BCUT2D eigenvalue weighted by molar-refractivity contribution is 0.561. The number of likely N-dealkylation sites (N-methyl/N-ethyl adjacent to an activating group) is 1. The maximum atomic E-state index is 12.0. The molecule has 0 atom stereocenters. The van der Waals surface area contributed by atoms with Gasteiger partial charge in [0.15, 0.2) is 0 Å². The van der Waals surface area contributed by atoms with Crippen LogP contribution in [0.15, 0.2) is 17.3 Å². The van der Waals surface area contributed by atoms with Crippen LogP contribution in [0.1, 0.15) is 39.5 Å². The second kappa shape index (κ2) is 9.10. The lowest BCUT2D eigenvalue weighted by Gasteiger charge is -2.04. The molecule has 1 aromatic heterocycles. The van der Waals surface area contributed by atoms with E-state index in [9.17, 15) is 8.42 Å². The molecular formula is C13H26N4O2S. The summed E-state index contributed by atoms with van der Waals surface area (Å²) in [7, 11) is -3.41. The molecule has 0 amide bonds. The molecule has 0 fully saturated rings. The third-order valence-electron chi connectivity index (χ3n) is 3.01. The van der Waals surface area contributed by atoms with Crippen LogP contribution in [0.25, 0.3) is 0 Å². The second-order valence-electron chi connectivity index (χ2n) is 4.75. The van der Waals surface area contributed by atoms with Crippen molar-refractivity contribution in [2.75, 3.05) is 19.6 Å². The summed E-state index contributed by atoms with van der Waals surface area (Å²) >= 11 is 0. The molecule has 116 valence electrons. The molecule has 0 spiro atoms. The van der Waals surface area contributed by atoms with E-state index in [1.165, 1.54) is 6.20 Å². The highest BCUT2D eigenvalue weighted by Crippen LogP contribution is 2.07. The monoisotopic (exact) mass is 302 g/mol. The van der Waals surface area contributed by atoms with Gasteiger partial charge in [0.1, 0.15) is 4.90 Å². The molecule has 20 heavy (non-hydrogen) atoms. The van der Waals surface area contributed by atoms with Crippen molar-refractivity contribution >= 4 is 10.0 Å². The first kappa shape index (κ1) is 17.1. The molecule has 0 saturated carbocycles. The summed E-state index contributed by atoms with van der Waals surface area (Å²) in [4.78, 5) is 0.240. The first-order valence-electron chi connectivity index (χ1n) is 7.33. The van der Waals surface area contributed by atoms with Crippen molar-refractivity contribution in [3.05, 3.63) is 12.4 Å². The minimum atomic E-state index is -3.41. The van der Waals surface area contributed by atoms with Gasteiger partial charge < -0.3 is 5.32 Å². The Morgan fingerprint density at radius 2 is 2.00 bits per heavy atom. The molecule has 0 saturated heterocycles. The molecule has 0 unspecified atom stereocenters. The van der Waals surface area contributed by atoms with Gasteiger partial charge in [0, 0.05) is 19.3 Å². The minimum absolute atomic E-state index is 0.240. The Morgan fingerprint density at radius 1 is 1.20 bits per heavy atom. The molecule has 0 aliphatic heterocycles. The van der Waals surface area contributed by atoms with Crippen molar-refractivity contribution in [1.82, 2.24) is 19.8 Å². The Bertz CT molecular complexity index is 470. The molecule has 0 aliphatic rings. The highest BCUT2D eigenvalue weighted by Gasteiger charge is 2.15. The van der Waals surface area contributed by atoms with Crippen molar-refractivity contribution in [3.63, 3.8) is 0 Å². The smallest absolute Gasteiger partial charge is 0.243 e. The Labute approximate surface area is 122 Å². The van der Waals surface area contributed by atoms with Crippen LogP contribution in [-0.2, 0) is 16.6 Å². The summed E-state index contributed by atoms with van der Waals surface area (Å²) in [5.41, 5.74) is 0. The first-order valence-corrected chi connectivity index (χ1v) is 8.81. The van der Waals surface area contributed by atoms with Gasteiger partial charge in [-0.15, -0.1) is 0 Å². The molecule has 6 nitrogen and oxygen atoms in total. The highest BCUT2D eigenvalue weighted by atomic mass is 32.2. The molecule has 1 rings (SSSR count). The average Bonchev–Trinajstić information content (AvgIpc) is 2.88. The zero-order chi connectivity index (χ0) is 14.8. The summed E-state index contributed by atoms with van der Waals surface area (Å²) in [5, 5.41) is 7.24. The SMILES string of the molecule is CCCCCCNS(=O)(=O)c1cnn(CCNCC)c1. The third kappa shape index (κ3) is 6.02. The van der Waals surface area contributed by atoms with Gasteiger partial charge in [-0.3, -0.25) is 4.68 Å². The zero-order valence-corrected chi connectivity index (χ0v) is 13.2. The van der Waals surface area contributed by atoms with E-state index in [1.807, 2.05) is 6.92 Å². The van der Waals surface area contributed by atoms with Gasteiger partial charge in [-0.25, -0.2) is 13.1 Å².